The molecule has 0 atom stereocenters. The van der Waals surface area contributed by atoms with Gasteiger partial charge >= 0.3 is 0 Å². The van der Waals surface area contributed by atoms with Crippen LogP contribution in [0.5, 0.6) is 0 Å². The molecule has 0 amide bonds. The number of aromatic nitrogens is 2. The number of nitrogens with one attached hydrogen (secondary N) is 1. The first-order chi connectivity index (χ1) is 9.52. The maximum Gasteiger partial charge on any atom is 0.270 e. The van der Waals surface area contributed by atoms with Gasteiger partial charge in [0.2, 0.25) is 0 Å². The molecule has 0 unspecified atom stereocenters. The van der Waals surface area contributed by atoms with E-state index in [0.717, 1.165) is 11.3 Å². The van der Waals surface area contributed by atoms with Gasteiger partial charge in [-0.2, -0.15) is 10.4 Å². The van der Waals surface area contributed by atoms with Crippen LogP contribution in [0.25, 0.3) is 0 Å². The molecule has 0 fully saturated rings. The predicted molar refractivity (Wildman–Crippen MR) is 73.1 cm³/mol. The zero-order chi connectivity index (χ0) is 14.7. The molecule has 0 spiro atoms. The summed E-state index contributed by atoms with van der Waals surface area (Å²) < 4.78 is 1.76. The van der Waals surface area contributed by atoms with Crippen LogP contribution in [0.4, 0.5) is 11.4 Å². The van der Waals surface area contributed by atoms with Crippen molar-refractivity contribution >= 4 is 11.4 Å². The van der Waals surface area contributed by atoms with E-state index in [2.05, 4.69) is 10.4 Å². The Morgan fingerprint density at radius 1 is 1.55 bits per heavy atom. The SMILES string of the molecule is Cc1c(CNc2ccc([N+](=O)[O-])cc2C#N)cnn1C. The molecule has 0 aliphatic heterocycles. The number of anilines is 1. The molecule has 1 aromatic heterocycles. The number of hydrogen-bond acceptors (Lipinski definition) is 5. The van der Waals surface area contributed by atoms with Gasteiger partial charge in [0.1, 0.15) is 6.07 Å². The van der Waals surface area contributed by atoms with E-state index in [1.165, 1.54) is 12.1 Å². The number of rotatable bonds is 4. The molecule has 2 aromatic rings. The molecule has 20 heavy (non-hydrogen) atoms. The minimum Gasteiger partial charge on any atom is -0.380 e. The van der Waals surface area contributed by atoms with E-state index >= 15 is 0 Å². The van der Waals surface area contributed by atoms with Crippen molar-refractivity contribution in [2.45, 2.75) is 13.5 Å². The highest BCUT2D eigenvalue weighted by atomic mass is 16.6. The summed E-state index contributed by atoms with van der Waals surface area (Å²) in [6.07, 6.45) is 1.75. The molecule has 1 N–H and O–H groups in total. The number of nitrogens with zero attached hydrogens (tertiary/aromatic N) is 4. The molecule has 0 aliphatic rings. The minimum atomic E-state index is -0.518. The highest BCUT2D eigenvalue weighted by Crippen LogP contribution is 2.22. The van der Waals surface area contributed by atoms with Crippen molar-refractivity contribution in [3.63, 3.8) is 0 Å². The fourth-order valence-corrected chi connectivity index (χ4v) is 1.80. The lowest BCUT2D eigenvalue weighted by Crippen LogP contribution is -2.03. The Balaban J connectivity index is 2.20. The van der Waals surface area contributed by atoms with Crippen LogP contribution in [0, 0.1) is 28.4 Å². The Kier molecular flexibility index (Phi) is 3.66. The lowest BCUT2D eigenvalue weighted by molar-refractivity contribution is -0.384. The topological polar surface area (TPSA) is 96.8 Å². The van der Waals surface area contributed by atoms with E-state index < -0.39 is 4.92 Å². The summed E-state index contributed by atoms with van der Waals surface area (Å²) in [7, 11) is 1.85. The van der Waals surface area contributed by atoms with E-state index in [0.29, 0.717) is 12.2 Å². The second-order valence-corrected chi connectivity index (χ2v) is 4.33. The molecule has 7 nitrogen and oxygen atoms in total. The maximum atomic E-state index is 10.7. The predicted octanol–water partition coefficient (Wildman–Crippen LogP) is 2.12. The van der Waals surface area contributed by atoms with Crippen LogP contribution >= 0.6 is 0 Å². The third kappa shape index (κ3) is 2.59. The lowest BCUT2D eigenvalue weighted by atomic mass is 10.1. The van der Waals surface area contributed by atoms with Crippen molar-refractivity contribution in [2.75, 3.05) is 5.32 Å². The summed E-state index contributed by atoms with van der Waals surface area (Å²) >= 11 is 0. The number of benzene rings is 1. The molecule has 0 radical (unpaired) electrons. The Hall–Kier alpha value is -2.88. The number of hydrogen-bond donors (Lipinski definition) is 1. The number of nitriles is 1. The summed E-state index contributed by atoms with van der Waals surface area (Å²) in [4.78, 5) is 10.2. The van der Waals surface area contributed by atoms with Crippen LogP contribution in [-0.2, 0) is 13.6 Å². The van der Waals surface area contributed by atoms with Crippen molar-refractivity contribution < 1.29 is 4.92 Å². The second-order valence-electron chi connectivity index (χ2n) is 4.33. The van der Waals surface area contributed by atoms with Crippen LogP contribution in [-0.4, -0.2) is 14.7 Å². The van der Waals surface area contributed by atoms with Gasteiger partial charge in [0.25, 0.3) is 5.69 Å². The van der Waals surface area contributed by atoms with Crippen molar-refractivity contribution in [3.05, 3.63) is 51.3 Å². The van der Waals surface area contributed by atoms with Gasteiger partial charge in [-0.1, -0.05) is 0 Å². The Morgan fingerprint density at radius 2 is 2.30 bits per heavy atom. The first-order valence-electron chi connectivity index (χ1n) is 5.93. The monoisotopic (exact) mass is 271 g/mol. The average molecular weight is 271 g/mol. The fourth-order valence-electron chi connectivity index (χ4n) is 1.80. The van der Waals surface area contributed by atoms with Gasteiger partial charge in [-0.25, -0.2) is 0 Å². The first-order valence-corrected chi connectivity index (χ1v) is 5.93. The zero-order valence-corrected chi connectivity index (χ0v) is 11.1. The van der Waals surface area contributed by atoms with E-state index in [9.17, 15) is 10.1 Å². The number of aryl methyl sites for hydroxylation is 1. The largest absolute Gasteiger partial charge is 0.380 e. The summed E-state index contributed by atoms with van der Waals surface area (Å²) in [6, 6.07) is 6.14. The van der Waals surface area contributed by atoms with Crippen LogP contribution in [0.2, 0.25) is 0 Å². The highest BCUT2D eigenvalue weighted by Gasteiger charge is 2.11. The van der Waals surface area contributed by atoms with E-state index in [1.807, 2.05) is 20.0 Å². The Labute approximate surface area is 115 Å². The molecule has 0 aliphatic carbocycles. The molecule has 0 saturated carbocycles. The van der Waals surface area contributed by atoms with E-state index in [1.54, 1.807) is 16.9 Å². The normalized spacial score (nSPS) is 10.1. The van der Waals surface area contributed by atoms with Gasteiger partial charge in [-0.15, -0.1) is 0 Å². The third-order valence-electron chi connectivity index (χ3n) is 3.14. The van der Waals surface area contributed by atoms with Crippen LogP contribution in [0.15, 0.2) is 24.4 Å². The molecule has 2 rings (SSSR count). The second kappa shape index (κ2) is 5.40. The third-order valence-corrected chi connectivity index (χ3v) is 3.14. The van der Waals surface area contributed by atoms with Gasteiger partial charge < -0.3 is 5.32 Å². The quantitative estimate of drug-likeness (QED) is 0.678. The van der Waals surface area contributed by atoms with Gasteiger partial charge in [0.15, 0.2) is 0 Å². The summed E-state index contributed by atoms with van der Waals surface area (Å²) in [5.74, 6) is 0. The molecule has 1 heterocycles. The van der Waals surface area contributed by atoms with Crippen LogP contribution < -0.4 is 5.32 Å². The molecule has 7 heteroatoms. The van der Waals surface area contributed by atoms with Crippen molar-refractivity contribution in [2.24, 2.45) is 7.05 Å². The van der Waals surface area contributed by atoms with Crippen molar-refractivity contribution in [3.8, 4) is 6.07 Å². The average Bonchev–Trinajstić information content (AvgIpc) is 2.76. The Bertz CT molecular complexity index is 699. The van der Waals surface area contributed by atoms with Gasteiger partial charge in [-0.05, 0) is 13.0 Å². The molecular formula is C13H13N5O2. The van der Waals surface area contributed by atoms with Gasteiger partial charge in [-0.3, -0.25) is 14.8 Å². The summed E-state index contributed by atoms with van der Waals surface area (Å²) in [6.45, 7) is 2.46. The fraction of sp³-hybridized carbons (Fsp3) is 0.231. The highest BCUT2D eigenvalue weighted by molar-refractivity contribution is 5.61. The standard InChI is InChI=1S/C13H13N5O2/c1-9-11(8-16-17(9)2)7-15-13-4-3-12(18(19)20)5-10(13)6-14/h3-5,8,15H,7H2,1-2H3. The smallest absolute Gasteiger partial charge is 0.270 e. The lowest BCUT2D eigenvalue weighted by Gasteiger charge is -2.07. The molecule has 0 saturated heterocycles. The minimum absolute atomic E-state index is 0.0929. The molecule has 102 valence electrons. The number of nitro benzene ring substituents is 1. The summed E-state index contributed by atoms with van der Waals surface area (Å²) in [5, 5.41) is 27.0. The Morgan fingerprint density at radius 3 is 2.85 bits per heavy atom. The number of non-ortho nitro benzene ring substituents is 1. The van der Waals surface area contributed by atoms with E-state index in [4.69, 9.17) is 5.26 Å². The van der Waals surface area contributed by atoms with Crippen molar-refractivity contribution in [1.82, 2.24) is 9.78 Å². The van der Waals surface area contributed by atoms with E-state index in [-0.39, 0.29) is 11.3 Å². The first kappa shape index (κ1) is 13.5. The maximum absolute atomic E-state index is 10.7. The number of nitro groups is 1. The molecular weight excluding hydrogens is 258 g/mol. The van der Waals surface area contributed by atoms with Crippen LogP contribution in [0.3, 0.4) is 0 Å². The van der Waals surface area contributed by atoms with Crippen molar-refractivity contribution in [1.29, 1.82) is 5.26 Å². The van der Waals surface area contributed by atoms with Crippen LogP contribution in [0.1, 0.15) is 16.8 Å². The van der Waals surface area contributed by atoms with Gasteiger partial charge in [0, 0.05) is 37.0 Å². The molecule has 1 aromatic carbocycles. The van der Waals surface area contributed by atoms with Gasteiger partial charge in [0.05, 0.1) is 22.4 Å². The zero-order valence-electron chi connectivity index (χ0n) is 11.1. The summed E-state index contributed by atoms with van der Waals surface area (Å²) in [5.41, 5.74) is 2.76. The molecule has 0 bridgehead atoms.